The van der Waals surface area contributed by atoms with Crippen LogP contribution < -0.4 is 0 Å². The molecule has 0 radical (unpaired) electrons. The standard InChI is InChI=1S/C5H9IO4/c6-1-2-3(7)4(8)5(9)10-2/h2-5,7-9H,1H2/t2-,3+,4-,5+/m1/s1. The molecule has 0 amide bonds. The third-order valence-corrected chi connectivity index (χ3v) is 2.36. The van der Waals surface area contributed by atoms with E-state index in [0.717, 1.165) is 0 Å². The highest BCUT2D eigenvalue weighted by atomic mass is 127. The predicted octanol–water partition coefficient (Wildman–Crippen LogP) is -1.14. The number of ether oxygens (including phenoxy) is 1. The first kappa shape index (κ1) is 8.66. The second kappa shape index (κ2) is 3.31. The molecule has 1 saturated heterocycles. The van der Waals surface area contributed by atoms with Crippen LogP contribution in [0.4, 0.5) is 0 Å². The van der Waals surface area contributed by atoms with Crippen LogP contribution in [0.3, 0.4) is 0 Å². The molecule has 1 rings (SSSR count). The van der Waals surface area contributed by atoms with Gasteiger partial charge < -0.3 is 20.1 Å². The smallest absolute Gasteiger partial charge is 0.183 e. The lowest BCUT2D eigenvalue weighted by Crippen LogP contribution is -2.32. The summed E-state index contributed by atoms with van der Waals surface area (Å²) in [6.07, 6.45) is -3.77. The zero-order valence-electron chi connectivity index (χ0n) is 5.14. The van der Waals surface area contributed by atoms with E-state index in [1.165, 1.54) is 0 Å². The molecule has 1 heterocycles. The Bertz CT molecular complexity index is 120. The van der Waals surface area contributed by atoms with E-state index in [-0.39, 0.29) is 0 Å². The summed E-state index contributed by atoms with van der Waals surface area (Å²) in [5.74, 6) is 0. The molecular formula is C5H9IO4. The third kappa shape index (κ3) is 1.42. The lowest BCUT2D eigenvalue weighted by atomic mass is 10.2. The van der Waals surface area contributed by atoms with Gasteiger partial charge >= 0.3 is 0 Å². The maximum absolute atomic E-state index is 9.09. The molecule has 0 aromatic heterocycles. The number of aliphatic hydroxyl groups excluding tert-OH is 3. The summed E-state index contributed by atoms with van der Waals surface area (Å²) in [7, 11) is 0. The van der Waals surface area contributed by atoms with Gasteiger partial charge in [-0.05, 0) is 0 Å². The van der Waals surface area contributed by atoms with Crippen LogP contribution >= 0.6 is 22.6 Å². The molecule has 0 aromatic rings. The first-order chi connectivity index (χ1) is 4.66. The van der Waals surface area contributed by atoms with E-state index in [4.69, 9.17) is 20.1 Å². The van der Waals surface area contributed by atoms with Gasteiger partial charge in [0.1, 0.15) is 12.2 Å². The maximum atomic E-state index is 9.09. The molecule has 0 bridgehead atoms. The van der Waals surface area contributed by atoms with E-state index in [1.807, 2.05) is 22.6 Å². The van der Waals surface area contributed by atoms with Crippen molar-refractivity contribution in [3.8, 4) is 0 Å². The van der Waals surface area contributed by atoms with Crippen molar-refractivity contribution < 1.29 is 20.1 Å². The predicted molar refractivity (Wildman–Crippen MR) is 41.8 cm³/mol. The molecule has 0 spiro atoms. The van der Waals surface area contributed by atoms with E-state index in [9.17, 15) is 0 Å². The Balaban J connectivity index is 2.53. The van der Waals surface area contributed by atoms with Gasteiger partial charge in [-0.1, -0.05) is 22.6 Å². The highest BCUT2D eigenvalue weighted by Gasteiger charge is 2.40. The van der Waals surface area contributed by atoms with E-state index in [1.54, 1.807) is 0 Å². The van der Waals surface area contributed by atoms with Crippen LogP contribution in [-0.4, -0.2) is 44.3 Å². The van der Waals surface area contributed by atoms with Crippen molar-refractivity contribution >= 4 is 22.6 Å². The van der Waals surface area contributed by atoms with E-state index >= 15 is 0 Å². The van der Waals surface area contributed by atoms with Crippen LogP contribution in [0.5, 0.6) is 0 Å². The first-order valence-electron chi connectivity index (χ1n) is 2.92. The fourth-order valence-corrected chi connectivity index (χ4v) is 1.58. The van der Waals surface area contributed by atoms with Gasteiger partial charge in [-0.25, -0.2) is 0 Å². The van der Waals surface area contributed by atoms with Gasteiger partial charge in [0.05, 0.1) is 6.10 Å². The number of alkyl halides is 1. The van der Waals surface area contributed by atoms with Crippen molar-refractivity contribution in [1.82, 2.24) is 0 Å². The number of aliphatic hydroxyl groups is 3. The Kier molecular flexibility index (Phi) is 2.87. The highest BCUT2D eigenvalue weighted by molar-refractivity contribution is 14.1. The van der Waals surface area contributed by atoms with Crippen LogP contribution in [0.15, 0.2) is 0 Å². The van der Waals surface area contributed by atoms with Crippen molar-refractivity contribution in [1.29, 1.82) is 0 Å². The van der Waals surface area contributed by atoms with Gasteiger partial charge in [0.2, 0.25) is 0 Å². The second-order valence-corrected chi connectivity index (χ2v) is 3.08. The number of rotatable bonds is 1. The maximum Gasteiger partial charge on any atom is 0.183 e. The number of halogens is 1. The van der Waals surface area contributed by atoms with Crippen molar-refractivity contribution in [2.45, 2.75) is 24.6 Å². The van der Waals surface area contributed by atoms with Crippen LogP contribution in [0.25, 0.3) is 0 Å². The Morgan fingerprint density at radius 3 is 2.00 bits per heavy atom. The largest absolute Gasteiger partial charge is 0.387 e. The van der Waals surface area contributed by atoms with Gasteiger partial charge in [-0.2, -0.15) is 0 Å². The second-order valence-electron chi connectivity index (χ2n) is 2.20. The zero-order valence-corrected chi connectivity index (χ0v) is 7.30. The number of hydrogen-bond donors (Lipinski definition) is 3. The van der Waals surface area contributed by atoms with Gasteiger partial charge in [0.25, 0.3) is 0 Å². The Labute approximate surface area is 72.0 Å². The molecule has 1 aliphatic rings. The summed E-state index contributed by atoms with van der Waals surface area (Å²) in [5.41, 5.74) is 0. The molecule has 1 aliphatic heterocycles. The van der Waals surface area contributed by atoms with Gasteiger partial charge in [-0.15, -0.1) is 0 Å². The Morgan fingerprint density at radius 1 is 1.20 bits per heavy atom. The fraction of sp³-hybridized carbons (Fsp3) is 1.00. The van der Waals surface area contributed by atoms with Crippen molar-refractivity contribution in [3.05, 3.63) is 0 Å². The lowest BCUT2D eigenvalue weighted by molar-refractivity contribution is -0.123. The van der Waals surface area contributed by atoms with E-state index < -0.39 is 24.6 Å². The van der Waals surface area contributed by atoms with Gasteiger partial charge in [-0.3, -0.25) is 0 Å². The minimum atomic E-state index is -1.23. The summed E-state index contributed by atoms with van der Waals surface area (Å²) in [5, 5.41) is 26.9. The molecule has 4 nitrogen and oxygen atoms in total. The van der Waals surface area contributed by atoms with Crippen molar-refractivity contribution in [2.75, 3.05) is 4.43 Å². The SMILES string of the molecule is O[C@@H]1[C@@H](O)[C@@H](CI)O[C@@H]1O. The fourth-order valence-electron chi connectivity index (χ4n) is 0.856. The highest BCUT2D eigenvalue weighted by Crippen LogP contribution is 2.20. The average Bonchev–Trinajstić information content (AvgIpc) is 2.17. The van der Waals surface area contributed by atoms with E-state index in [0.29, 0.717) is 4.43 Å². The summed E-state index contributed by atoms with van der Waals surface area (Å²) in [6.45, 7) is 0. The van der Waals surface area contributed by atoms with Crippen molar-refractivity contribution in [2.24, 2.45) is 0 Å². The molecule has 0 aromatic carbocycles. The number of hydrogen-bond acceptors (Lipinski definition) is 4. The molecule has 1 fully saturated rings. The molecular weight excluding hydrogens is 251 g/mol. The van der Waals surface area contributed by atoms with Gasteiger partial charge in [0.15, 0.2) is 6.29 Å². The van der Waals surface area contributed by atoms with Gasteiger partial charge in [0, 0.05) is 4.43 Å². The van der Waals surface area contributed by atoms with Crippen molar-refractivity contribution in [3.63, 3.8) is 0 Å². The Morgan fingerprint density at radius 2 is 1.80 bits per heavy atom. The quantitative estimate of drug-likeness (QED) is 0.412. The molecule has 3 N–H and O–H groups in total. The molecule has 5 heteroatoms. The summed E-state index contributed by atoms with van der Waals surface area (Å²) >= 11 is 2.02. The molecule has 0 saturated carbocycles. The monoisotopic (exact) mass is 260 g/mol. The minimum Gasteiger partial charge on any atom is -0.387 e. The normalized spacial score (nSPS) is 48.0. The van der Waals surface area contributed by atoms with E-state index in [2.05, 4.69) is 0 Å². The van der Waals surface area contributed by atoms with Crippen LogP contribution in [0, 0.1) is 0 Å². The van der Waals surface area contributed by atoms with Crippen LogP contribution in [0.2, 0.25) is 0 Å². The lowest BCUT2D eigenvalue weighted by Gasteiger charge is -2.09. The molecule has 0 unspecified atom stereocenters. The molecule has 60 valence electrons. The topological polar surface area (TPSA) is 69.9 Å². The summed E-state index contributed by atoms with van der Waals surface area (Å²) in [4.78, 5) is 0. The summed E-state index contributed by atoms with van der Waals surface area (Å²) in [6, 6.07) is 0. The van der Waals surface area contributed by atoms with Crippen LogP contribution in [0.1, 0.15) is 0 Å². The Hall–Kier alpha value is 0.570. The first-order valence-corrected chi connectivity index (χ1v) is 4.45. The molecule has 10 heavy (non-hydrogen) atoms. The summed E-state index contributed by atoms with van der Waals surface area (Å²) < 4.78 is 5.35. The van der Waals surface area contributed by atoms with Crippen LogP contribution in [-0.2, 0) is 4.74 Å². The average molecular weight is 260 g/mol. The minimum absolute atomic E-state index is 0.439. The molecule has 0 aliphatic carbocycles. The zero-order chi connectivity index (χ0) is 7.72. The third-order valence-electron chi connectivity index (χ3n) is 1.49. The molecule has 4 atom stereocenters.